The number of hydrogen-bond acceptors (Lipinski definition) is 2. The van der Waals surface area contributed by atoms with Gasteiger partial charge in [-0.05, 0) is 71.6 Å². The first kappa shape index (κ1) is 15.2. The van der Waals surface area contributed by atoms with Crippen LogP contribution in [0.25, 0.3) is 0 Å². The van der Waals surface area contributed by atoms with Crippen molar-refractivity contribution in [2.24, 2.45) is 0 Å². The lowest BCUT2D eigenvalue weighted by Gasteiger charge is -2.19. The second-order valence-electron chi connectivity index (χ2n) is 5.10. The Morgan fingerprint density at radius 2 is 2.00 bits per heavy atom. The van der Waals surface area contributed by atoms with Gasteiger partial charge < -0.3 is 5.32 Å². The highest BCUT2D eigenvalue weighted by Crippen LogP contribution is 2.24. The van der Waals surface area contributed by atoms with Gasteiger partial charge in [-0.25, -0.2) is 0 Å². The third-order valence-corrected chi connectivity index (χ3v) is 4.25. The number of nitrogens with one attached hydrogen (secondary N) is 1. The van der Waals surface area contributed by atoms with Crippen molar-refractivity contribution >= 4 is 15.9 Å². The third-order valence-electron chi connectivity index (χ3n) is 3.58. The van der Waals surface area contributed by atoms with Crippen molar-refractivity contribution < 1.29 is 0 Å². The smallest absolute Gasteiger partial charge is 0.0718 e. The number of halogens is 1. The van der Waals surface area contributed by atoms with Crippen molar-refractivity contribution in [3.8, 4) is 0 Å². The topological polar surface area (TPSA) is 24.9 Å². The normalized spacial score (nSPS) is 12.4. The lowest BCUT2D eigenvalue weighted by molar-refractivity contribution is 0.534. The van der Waals surface area contributed by atoms with Gasteiger partial charge in [-0.3, -0.25) is 4.98 Å². The zero-order valence-electron chi connectivity index (χ0n) is 12.3. The van der Waals surface area contributed by atoms with Crippen LogP contribution >= 0.6 is 15.9 Å². The quantitative estimate of drug-likeness (QED) is 0.880. The van der Waals surface area contributed by atoms with E-state index < -0.39 is 0 Å². The van der Waals surface area contributed by atoms with Crippen LogP contribution in [0.2, 0.25) is 0 Å². The lowest BCUT2D eigenvalue weighted by atomic mass is 9.99. The molecular formula is C17H21BrN2. The molecule has 0 aliphatic heterocycles. The standard InChI is InChI=1S/C17H21BrN2/c1-4-19-16(17-15(18)6-5-9-20-17)11-14-8-7-12(2)13(3)10-14/h5-10,16,19H,4,11H2,1-3H3. The average Bonchev–Trinajstić information content (AvgIpc) is 2.43. The first-order chi connectivity index (χ1) is 9.61. The van der Waals surface area contributed by atoms with Crippen LogP contribution in [0.3, 0.4) is 0 Å². The summed E-state index contributed by atoms with van der Waals surface area (Å²) in [5, 5.41) is 3.53. The molecule has 0 radical (unpaired) electrons. The number of aromatic nitrogens is 1. The van der Waals surface area contributed by atoms with Crippen LogP contribution in [0.4, 0.5) is 0 Å². The van der Waals surface area contributed by atoms with E-state index in [1.165, 1.54) is 16.7 Å². The molecule has 0 saturated carbocycles. The van der Waals surface area contributed by atoms with Crippen molar-refractivity contribution in [3.05, 3.63) is 63.4 Å². The molecule has 20 heavy (non-hydrogen) atoms. The molecule has 1 unspecified atom stereocenters. The fraction of sp³-hybridized carbons (Fsp3) is 0.353. The molecule has 1 atom stereocenters. The van der Waals surface area contributed by atoms with Crippen LogP contribution < -0.4 is 5.32 Å². The number of pyridine rings is 1. The fourth-order valence-corrected chi connectivity index (χ4v) is 2.86. The number of aryl methyl sites for hydroxylation is 2. The predicted molar refractivity (Wildman–Crippen MR) is 88.0 cm³/mol. The maximum absolute atomic E-state index is 4.52. The van der Waals surface area contributed by atoms with E-state index in [0.29, 0.717) is 0 Å². The summed E-state index contributed by atoms with van der Waals surface area (Å²) in [5.41, 5.74) is 5.11. The van der Waals surface area contributed by atoms with Gasteiger partial charge in [-0.15, -0.1) is 0 Å². The highest BCUT2D eigenvalue weighted by molar-refractivity contribution is 9.10. The second-order valence-corrected chi connectivity index (χ2v) is 5.96. The summed E-state index contributed by atoms with van der Waals surface area (Å²) in [7, 11) is 0. The summed E-state index contributed by atoms with van der Waals surface area (Å²) in [5.74, 6) is 0. The Bertz CT molecular complexity index is 581. The molecule has 2 rings (SSSR count). The Balaban J connectivity index is 2.25. The van der Waals surface area contributed by atoms with Gasteiger partial charge in [0, 0.05) is 10.7 Å². The number of nitrogens with zero attached hydrogens (tertiary/aromatic N) is 1. The lowest BCUT2D eigenvalue weighted by Crippen LogP contribution is -2.24. The highest BCUT2D eigenvalue weighted by Gasteiger charge is 2.15. The van der Waals surface area contributed by atoms with Gasteiger partial charge in [0.1, 0.15) is 0 Å². The van der Waals surface area contributed by atoms with Crippen molar-refractivity contribution in [1.29, 1.82) is 0 Å². The first-order valence-electron chi connectivity index (χ1n) is 7.01. The molecule has 2 aromatic rings. The van der Waals surface area contributed by atoms with Gasteiger partial charge >= 0.3 is 0 Å². The molecule has 0 aliphatic rings. The van der Waals surface area contributed by atoms with E-state index in [1.807, 2.05) is 18.3 Å². The second kappa shape index (κ2) is 7.00. The summed E-state index contributed by atoms with van der Waals surface area (Å²) in [4.78, 5) is 4.52. The molecule has 0 bridgehead atoms. The molecule has 106 valence electrons. The molecule has 2 nitrogen and oxygen atoms in total. The van der Waals surface area contributed by atoms with Gasteiger partial charge in [0.25, 0.3) is 0 Å². The number of benzene rings is 1. The minimum atomic E-state index is 0.234. The van der Waals surface area contributed by atoms with Crippen LogP contribution in [-0.4, -0.2) is 11.5 Å². The molecule has 0 aliphatic carbocycles. The van der Waals surface area contributed by atoms with Crippen LogP contribution in [-0.2, 0) is 6.42 Å². The monoisotopic (exact) mass is 332 g/mol. The van der Waals surface area contributed by atoms with Gasteiger partial charge in [0.15, 0.2) is 0 Å². The number of hydrogen-bond donors (Lipinski definition) is 1. The van der Waals surface area contributed by atoms with Crippen LogP contribution in [0.1, 0.15) is 35.3 Å². The van der Waals surface area contributed by atoms with E-state index in [4.69, 9.17) is 0 Å². The van der Waals surface area contributed by atoms with Crippen LogP contribution in [0, 0.1) is 13.8 Å². The SMILES string of the molecule is CCNC(Cc1ccc(C)c(C)c1)c1ncccc1Br. The Morgan fingerprint density at radius 3 is 2.65 bits per heavy atom. The molecular weight excluding hydrogens is 312 g/mol. The van der Waals surface area contributed by atoms with Gasteiger partial charge in [0.05, 0.1) is 11.7 Å². The van der Waals surface area contributed by atoms with Crippen LogP contribution in [0.5, 0.6) is 0 Å². The molecule has 1 aromatic carbocycles. The summed E-state index contributed by atoms with van der Waals surface area (Å²) in [6.07, 6.45) is 2.80. The van der Waals surface area contributed by atoms with Crippen molar-refractivity contribution in [1.82, 2.24) is 10.3 Å². The fourth-order valence-electron chi connectivity index (χ4n) is 2.33. The molecule has 0 spiro atoms. The van der Waals surface area contributed by atoms with E-state index in [0.717, 1.165) is 23.1 Å². The molecule has 3 heteroatoms. The Labute approximate surface area is 129 Å². The number of rotatable bonds is 5. The maximum Gasteiger partial charge on any atom is 0.0718 e. The zero-order chi connectivity index (χ0) is 14.5. The minimum absolute atomic E-state index is 0.234. The molecule has 1 N–H and O–H groups in total. The van der Waals surface area contributed by atoms with E-state index in [2.05, 4.69) is 65.2 Å². The van der Waals surface area contributed by atoms with Crippen LogP contribution in [0.15, 0.2) is 41.0 Å². The van der Waals surface area contributed by atoms with E-state index in [9.17, 15) is 0 Å². The van der Waals surface area contributed by atoms with Crippen molar-refractivity contribution in [2.75, 3.05) is 6.54 Å². The average molecular weight is 333 g/mol. The predicted octanol–water partition coefficient (Wildman–Crippen LogP) is 4.35. The van der Waals surface area contributed by atoms with Gasteiger partial charge in [0.2, 0.25) is 0 Å². The van der Waals surface area contributed by atoms with Gasteiger partial charge in [-0.1, -0.05) is 25.1 Å². The Morgan fingerprint density at radius 1 is 1.20 bits per heavy atom. The van der Waals surface area contributed by atoms with E-state index in [1.54, 1.807) is 0 Å². The largest absolute Gasteiger partial charge is 0.309 e. The minimum Gasteiger partial charge on any atom is -0.309 e. The maximum atomic E-state index is 4.52. The summed E-state index contributed by atoms with van der Waals surface area (Å²) in [6.45, 7) is 7.37. The van der Waals surface area contributed by atoms with E-state index in [-0.39, 0.29) is 6.04 Å². The van der Waals surface area contributed by atoms with Crippen molar-refractivity contribution in [2.45, 2.75) is 33.2 Å². The summed E-state index contributed by atoms with van der Waals surface area (Å²) < 4.78 is 1.06. The summed E-state index contributed by atoms with van der Waals surface area (Å²) in [6, 6.07) is 10.9. The summed E-state index contributed by atoms with van der Waals surface area (Å²) >= 11 is 3.60. The Hall–Kier alpha value is -1.19. The highest BCUT2D eigenvalue weighted by atomic mass is 79.9. The first-order valence-corrected chi connectivity index (χ1v) is 7.81. The molecule has 0 saturated heterocycles. The molecule has 1 heterocycles. The number of likely N-dealkylation sites (N-methyl/N-ethyl adjacent to an activating group) is 1. The van der Waals surface area contributed by atoms with Gasteiger partial charge in [-0.2, -0.15) is 0 Å². The third kappa shape index (κ3) is 3.68. The molecule has 0 fully saturated rings. The van der Waals surface area contributed by atoms with E-state index >= 15 is 0 Å². The molecule has 1 aromatic heterocycles. The molecule has 0 amide bonds. The Kier molecular flexibility index (Phi) is 5.32. The zero-order valence-corrected chi connectivity index (χ0v) is 13.9. The van der Waals surface area contributed by atoms with Crippen molar-refractivity contribution in [3.63, 3.8) is 0 Å².